The van der Waals surface area contributed by atoms with Crippen molar-refractivity contribution < 1.29 is 4.42 Å². The maximum Gasteiger partial charge on any atom is 0.164 e. The minimum Gasteiger partial charge on any atom is -0.455 e. The van der Waals surface area contributed by atoms with Crippen molar-refractivity contribution in [3.63, 3.8) is 0 Å². The fourth-order valence-electron chi connectivity index (χ4n) is 7.20. The number of hydrogen-bond acceptors (Lipinski definition) is 6. The number of nitrogens with zero attached hydrogens (tertiary/aromatic N) is 5. The van der Waals surface area contributed by atoms with Crippen LogP contribution in [0.15, 0.2) is 168 Å². The van der Waals surface area contributed by atoms with E-state index in [0.29, 0.717) is 23.0 Å². The SMILES string of the molecule is N#Cc1cccc(-c2cccc(-c3ccc4c5ccc(-c6nc(-c7ccccc7)nc(-c7ccccc7)n6)cc5c5oc6ccccc6c5c4c3)n2)c1. The summed E-state index contributed by atoms with van der Waals surface area (Å²) in [5.41, 5.74) is 8.51. The van der Waals surface area contributed by atoms with Crippen LogP contribution in [0, 0.1) is 11.3 Å². The number of rotatable bonds is 5. The molecule has 0 amide bonds. The van der Waals surface area contributed by atoms with Gasteiger partial charge in [0.15, 0.2) is 17.5 Å². The van der Waals surface area contributed by atoms with Gasteiger partial charge < -0.3 is 4.42 Å². The minimum atomic E-state index is 0.588. The lowest BCUT2D eigenvalue weighted by Gasteiger charge is -2.12. The Balaban J connectivity index is 1.18. The smallest absolute Gasteiger partial charge is 0.164 e. The van der Waals surface area contributed by atoms with Gasteiger partial charge in [0.2, 0.25) is 0 Å². The molecule has 3 heterocycles. The third kappa shape index (κ3) is 5.27. The fraction of sp³-hybridized carbons (Fsp3) is 0. The minimum absolute atomic E-state index is 0.588. The molecule has 6 nitrogen and oxygen atoms in total. The lowest BCUT2D eigenvalue weighted by molar-refractivity contribution is 0.673. The summed E-state index contributed by atoms with van der Waals surface area (Å²) in [5, 5.41) is 15.8. The van der Waals surface area contributed by atoms with Crippen LogP contribution in [0.1, 0.15) is 5.56 Å². The van der Waals surface area contributed by atoms with Gasteiger partial charge in [0.25, 0.3) is 0 Å². The van der Waals surface area contributed by atoms with Crippen LogP contribution in [-0.4, -0.2) is 19.9 Å². The van der Waals surface area contributed by atoms with E-state index in [4.69, 9.17) is 24.4 Å². The maximum atomic E-state index is 9.46. The van der Waals surface area contributed by atoms with Crippen LogP contribution in [0.4, 0.5) is 0 Å². The van der Waals surface area contributed by atoms with Crippen molar-refractivity contribution in [2.45, 2.75) is 0 Å². The molecule has 0 aliphatic carbocycles. The molecule has 246 valence electrons. The Morgan fingerprint density at radius 1 is 0.396 bits per heavy atom. The zero-order chi connectivity index (χ0) is 35.3. The molecule has 7 aromatic carbocycles. The highest BCUT2D eigenvalue weighted by molar-refractivity contribution is 6.30. The first-order valence-corrected chi connectivity index (χ1v) is 17.4. The van der Waals surface area contributed by atoms with Crippen molar-refractivity contribution in [2.24, 2.45) is 0 Å². The van der Waals surface area contributed by atoms with Crippen LogP contribution >= 0.6 is 0 Å². The molecular weight excluding hydrogens is 651 g/mol. The number of hydrogen-bond donors (Lipinski definition) is 0. The summed E-state index contributed by atoms with van der Waals surface area (Å²) in [7, 11) is 0. The molecule has 6 heteroatoms. The summed E-state index contributed by atoms with van der Waals surface area (Å²) >= 11 is 0. The highest BCUT2D eigenvalue weighted by Crippen LogP contribution is 2.43. The van der Waals surface area contributed by atoms with Crippen molar-refractivity contribution >= 4 is 43.5 Å². The second-order valence-corrected chi connectivity index (χ2v) is 13.0. The van der Waals surface area contributed by atoms with Crippen molar-refractivity contribution in [1.82, 2.24) is 19.9 Å². The molecule has 0 saturated carbocycles. The van der Waals surface area contributed by atoms with E-state index in [9.17, 15) is 5.26 Å². The molecule has 0 atom stereocenters. The van der Waals surface area contributed by atoms with Gasteiger partial charge in [-0.1, -0.05) is 121 Å². The molecule has 0 aliphatic rings. The molecule has 10 aromatic rings. The number of para-hydroxylation sites is 1. The summed E-state index contributed by atoms with van der Waals surface area (Å²) in [6.45, 7) is 0. The fourth-order valence-corrected chi connectivity index (χ4v) is 7.20. The third-order valence-electron chi connectivity index (χ3n) is 9.73. The highest BCUT2D eigenvalue weighted by Gasteiger charge is 2.19. The molecule has 10 rings (SSSR count). The van der Waals surface area contributed by atoms with Crippen LogP contribution in [0.25, 0.3) is 100 Å². The summed E-state index contributed by atoms with van der Waals surface area (Å²) in [5.74, 6) is 1.82. The van der Waals surface area contributed by atoms with Gasteiger partial charge in [-0.2, -0.15) is 5.26 Å². The van der Waals surface area contributed by atoms with E-state index in [1.807, 2.05) is 109 Å². The van der Waals surface area contributed by atoms with E-state index >= 15 is 0 Å². The van der Waals surface area contributed by atoms with Crippen LogP contribution < -0.4 is 0 Å². The average Bonchev–Trinajstić information content (AvgIpc) is 3.64. The van der Waals surface area contributed by atoms with Crippen molar-refractivity contribution in [2.75, 3.05) is 0 Å². The first-order valence-electron chi connectivity index (χ1n) is 17.4. The van der Waals surface area contributed by atoms with Gasteiger partial charge in [0.05, 0.1) is 23.0 Å². The topological polar surface area (TPSA) is 88.5 Å². The Morgan fingerprint density at radius 2 is 0.943 bits per heavy atom. The Kier molecular flexibility index (Phi) is 7.09. The first kappa shape index (κ1) is 30.3. The van der Waals surface area contributed by atoms with Gasteiger partial charge in [-0.3, -0.25) is 0 Å². The molecule has 0 spiro atoms. The Morgan fingerprint density at radius 3 is 1.64 bits per heavy atom. The lowest BCUT2D eigenvalue weighted by Crippen LogP contribution is -2.00. The number of aromatic nitrogens is 4. The van der Waals surface area contributed by atoms with E-state index in [2.05, 4.69) is 54.6 Å². The van der Waals surface area contributed by atoms with E-state index in [0.717, 1.165) is 82.7 Å². The summed E-state index contributed by atoms with van der Waals surface area (Å²) in [6, 6.07) is 56.9. The zero-order valence-electron chi connectivity index (χ0n) is 28.2. The number of pyridine rings is 1. The van der Waals surface area contributed by atoms with Gasteiger partial charge >= 0.3 is 0 Å². The first-order chi connectivity index (χ1) is 26.2. The number of nitriles is 1. The molecule has 0 aliphatic heterocycles. The van der Waals surface area contributed by atoms with Crippen molar-refractivity contribution in [1.29, 1.82) is 5.26 Å². The molecule has 0 radical (unpaired) electrons. The largest absolute Gasteiger partial charge is 0.455 e. The molecule has 53 heavy (non-hydrogen) atoms. The van der Waals surface area contributed by atoms with Crippen LogP contribution in [0.2, 0.25) is 0 Å². The third-order valence-corrected chi connectivity index (χ3v) is 9.73. The zero-order valence-corrected chi connectivity index (χ0v) is 28.2. The molecule has 3 aromatic heterocycles. The average molecular weight is 678 g/mol. The Hall–Kier alpha value is -7.49. The van der Waals surface area contributed by atoms with E-state index in [1.54, 1.807) is 6.07 Å². The van der Waals surface area contributed by atoms with Crippen LogP contribution in [0.3, 0.4) is 0 Å². The van der Waals surface area contributed by atoms with E-state index in [-0.39, 0.29) is 0 Å². The van der Waals surface area contributed by atoms with Gasteiger partial charge in [-0.15, -0.1) is 0 Å². The monoisotopic (exact) mass is 677 g/mol. The molecular formula is C47H27N5O. The molecule has 0 bridgehead atoms. The van der Waals surface area contributed by atoms with Gasteiger partial charge in [-0.05, 0) is 58.6 Å². The molecule has 0 saturated heterocycles. The lowest BCUT2D eigenvalue weighted by atomic mass is 9.93. The van der Waals surface area contributed by atoms with Gasteiger partial charge in [0.1, 0.15) is 11.2 Å². The standard InChI is InChI=1S/C47H27N5O/c48-28-29-11-9-16-32(25-29)40-18-10-19-41(49-40)33-21-23-35-36-24-22-34(27-39(36)44-43(38(35)26-33)37-17-7-8-20-42(37)53-44)47-51-45(30-12-3-1-4-13-30)50-46(52-47)31-14-5-2-6-15-31/h1-27H. The highest BCUT2D eigenvalue weighted by atomic mass is 16.3. The number of furan rings is 1. The maximum absolute atomic E-state index is 9.46. The number of benzene rings is 7. The normalized spacial score (nSPS) is 11.4. The Bertz CT molecular complexity index is 3020. The summed E-state index contributed by atoms with van der Waals surface area (Å²) < 4.78 is 6.70. The molecule has 0 unspecified atom stereocenters. The quantitative estimate of drug-likeness (QED) is 0.168. The second-order valence-electron chi connectivity index (χ2n) is 13.0. The van der Waals surface area contributed by atoms with Crippen molar-refractivity contribution in [3.05, 3.63) is 169 Å². The van der Waals surface area contributed by atoms with Crippen LogP contribution in [0.5, 0.6) is 0 Å². The molecule has 0 N–H and O–H groups in total. The van der Waals surface area contributed by atoms with Crippen LogP contribution in [-0.2, 0) is 0 Å². The van der Waals surface area contributed by atoms with Crippen molar-refractivity contribution in [3.8, 4) is 62.7 Å². The van der Waals surface area contributed by atoms with Gasteiger partial charge in [0, 0.05) is 44.0 Å². The number of fused-ring (bicyclic) bond motifs is 8. The van der Waals surface area contributed by atoms with E-state index in [1.165, 1.54) is 0 Å². The molecule has 0 fully saturated rings. The summed E-state index contributed by atoms with van der Waals surface area (Å²) in [4.78, 5) is 19.9. The second kappa shape index (κ2) is 12.4. The summed E-state index contributed by atoms with van der Waals surface area (Å²) in [6.07, 6.45) is 0. The predicted molar refractivity (Wildman–Crippen MR) is 212 cm³/mol. The predicted octanol–water partition coefficient (Wildman–Crippen LogP) is 11.7. The van der Waals surface area contributed by atoms with E-state index < -0.39 is 0 Å². The van der Waals surface area contributed by atoms with Gasteiger partial charge in [-0.25, -0.2) is 19.9 Å². The Labute approximate surface area is 304 Å².